The van der Waals surface area contributed by atoms with Gasteiger partial charge < -0.3 is 11.5 Å². The van der Waals surface area contributed by atoms with Crippen LogP contribution in [0.25, 0.3) is 0 Å². The number of aliphatic imine (C=N–C) groups is 1. The molecule has 0 bridgehead atoms. The molecule has 0 amide bonds. The molecule has 0 aliphatic heterocycles. The minimum atomic E-state index is -0.0566. The van der Waals surface area contributed by atoms with Gasteiger partial charge in [-0.2, -0.15) is 5.26 Å². The molecule has 0 saturated carbocycles. The molecule has 0 radical (unpaired) electrons. The summed E-state index contributed by atoms with van der Waals surface area (Å²) in [5.41, 5.74) is 11.3. The number of rotatable bonds is 1. The van der Waals surface area contributed by atoms with Crippen LogP contribution in [0.5, 0.6) is 0 Å². The van der Waals surface area contributed by atoms with Crippen molar-refractivity contribution in [2.45, 2.75) is 0 Å². The molecule has 0 spiro atoms. The minimum absolute atomic E-state index is 0.0566. The molecule has 0 heterocycles. The van der Waals surface area contributed by atoms with E-state index >= 15 is 0 Å². The third kappa shape index (κ3) is 2.46. The van der Waals surface area contributed by atoms with E-state index < -0.39 is 0 Å². The molecule has 1 rings (SSSR count). The predicted molar refractivity (Wildman–Crippen MR) is 54.3 cm³/mol. The summed E-state index contributed by atoms with van der Waals surface area (Å²) in [6.45, 7) is 0. The monoisotopic (exact) mass is 238 g/mol. The van der Waals surface area contributed by atoms with Crippen LogP contribution in [0.1, 0.15) is 5.56 Å². The van der Waals surface area contributed by atoms with Gasteiger partial charge in [0.2, 0.25) is 0 Å². The van der Waals surface area contributed by atoms with Crippen LogP contribution in [-0.4, -0.2) is 5.96 Å². The Hall–Kier alpha value is -1.54. The fraction of sp³-hybridized carbons (Fsp3) is 0. The molecule has 0 aromatic heterocycles. The maximum atomic E-state index is 8.73. The maximum Gasteiger partial charge on any atom is 0.191 e. The van der Waals surface area contributed by atoms with E-state index in [1.807, 2.05) is 6.07 Å². The third-order valence-corrected chi connectivity index (χ3v) is 1.82. The van der Waals surface area contributed by atoms with Crippen molar-refractivity contribution in [2.24, 2.45) is 16.5 Å². The molecule has 0 aliphatic rings. The summed E-state index contributed by atoms with van der Waals surface area (Å²) < 4.78 is 0.818. The van der Waals surface area contributed by atoms with Gasteiger partial charge in [-0.1, -0.05) is 15.9 Å². The maximum absolute atomic E-state index is 8.73. The lowest BCUT2D eigenvalue weighted by molar-refractivity contribution is 1.38. The van der Waals surface area contributed by atoms with Crippen molar-refractivity contribution in [3.63, 3.8) is 0 Å². The van der Waals surface area contributed by atoms with Gasteiger partial charge in [-0.3, -0.25) is 0 Å². The first kappa shape index (κ1) is 9.55. The highest BCUT2D eigenvalue weighted by Gasteiger charge is 2.00. The smallest absolute Gasteiger partial charge is 0.191 e. The van der Waals surface area contributed by atoms with Crippen LogP contribution in [0.2, 0.25) is 0 Å². The lowest BCUT2D eigenvalue weighted by Gasteiger charge is -1.98. The summed E-state index contributed by atoms with van der Waals surface area (Å²) in [5, 5.41) is 8.73. The Bertz CT molecular complexity index is 388. The zero-order valence-electron chi connectivity index (χ0n) is 6.66. The standard InChI is InChI=1S/C8H7BrN4/c9-6-1-2-7(13-8(11)12)5(3-6)4-10/h1-3H,(H4,11,12,13). The fourth-order valence-electron chi connectivity index (χ4n) is 0.834. The van der Waals surface area contributed by atoms with Gasteiger partial charge in [0.15, 0.2) is 5.96 Å². The first-order valence-electron chi connectivity index (χ1n) is 3.43. The van der Waals surface area contributed by atoms with Crippen molar-refractivity contribution in [3.8, 4) is 6.07 Å². The lowest BCUT2D eigenvalue weighted by atomic mass is 10.2. The van der Waals surface area contributed by atoms with Crippen LogP contribution in [-0.2, 0) is 0 Å². The van der Waals surface area contributed by atoms with Crippen molar-refractivity contribution in [1.82, 2.24) is 0 Å². The number of nitrogens with zero attached hydrogens (tertiary/aromatic N) is 2. The predicted octanol–water partition coefficient (Wildman–Crippen LogP) is 1.23. The average Bonchev–Trinajstić information content (AvgIpc) is 2.07. The molecular weight excluding hydrogens is 232 g/mol. The van der Waals surface area contributed by atoms with Crippen molar-refractivity contribution >= 4 is 27.6 Å². The van der Waals surface area contributed by atoms with E-state index in [1.165, 1.54) is 0 Å². The summed E-state index contributed by atoms with van der Waals surface area (Å²) in [6.07, 6.45) is 0. The van der Waals surface area contributed by atoms with Crippen LogP contribution in [0.3, 0.4) is 0 Å². The van der Waals surface area contributed by atoms with E-state index in [-0.39, 0.29) is 5.96 Å². The molecule has 0 unspecified atom stereocenters. The number of halogens is 1. The number of nitriles is 1. The largest absolute Gasteiger partial charge is 0.370 e. The Morgan fingerprint density at radius 3 is 2.69 bits per heavy atom. The van der Waals surface area contributed by atoms with Gasteiger partial charge in [-0.05, 0) is 18.2 Å². The topological polar surface area (TPSA) is 88.2 Å². The number of nitrogens with two attached hydrogens (primary N) is 2. The summed E-state index contributed by atoms with van der Waals surface area (Å²) in [6, 6.07) is 7.08. The van der Waals surface area contributed by atoms with Crippen LogP contribution in [0, 0.1) is 11.3 Å². The number of hydrogen-bond acceptors (Lipinski definition) is 2. The highest BCUT2D eigenvalue weighted by atomic mass is 79.9. The Morgan fingerprint density at radius 2 is 2.15 bits per heavy atom. The molecule has 0 atom stereocenters. The molecule has 0 fully saturated rings. The molecule has 1 aromatic rings. The van der Waals surface area contributed by atoms with Crippen LogP contribution in [0.4, 0.5) is 5.69 Å². The Labute approximate surface area is 84.0 Å². The number of benzene rings is 1. The lowest BCUT2D eigenvalue weighted by Crippen LogP contribution is -2.22. The summed E-state index contributed by atoms with van der Waals surface area (Å²) in [5.74, 6) is -0.0566. The Morgan fingerprint density at radius 1 is 1.46 bits per heavy atom. The van der Waals surface area contributed by atoms with Crippen molar-refractivity contribution < 1.29 is 0 Å². The molecule has 13 heavy (non-hydrogen) atoms. The molecule has 0 saturated heterocycles. The minimum Gasteiger partial charge on any atom is -0.370 e. The quantitative estimate of drug-likeness (QED) is 0.570. The summed E-state index contributed by atoms with van der Waals surface area (Å²) in [7, 11) is 0. The highest BCUT2D eigenvalue weighted by Crippen LogP contribution is 2.22. The van der Waals surface area contributed by atoms with Gasteiger partial charge in [-0.15, -0.1) is 0 Å². The zero-order chi connectivity index (χ0) is 9.84. The molecule has 4 N–H and O–H groups in total. The highest BCUT2D eigenvalue weighted by molar-refractivity contribution is 9.10. The summed E-state index contributed by atoms with van der Waals surface area (Å²) >= 11 is 3.24. The molecule has 4 nitrogen and oxygen atoms in total. The van der Waals surface area contributed by atoms with E-state index in [0.717, 1.165) is 4.47 Å². The first-order valence-corrected chi connectivity index (χ1v) is 4.22. The second-order valence-electron chi connectivity index (χ2n) is 2.31. The molecule has 0 aliphatic carbocycles. The van der Waals surface area contributed by atoms with Crippen LogP contribution < -0.4 is 11.5 Å². The number of guanidine groups is 1. The zero-order valence-corrected chi connectivity index (χ0v) is 8.25. The molecule has 66 valence electrons. The third-order valence-electron chi connectivity index (χ3n) is 1.33. The summed E-state index contributed by atoms with van der Waals surface area (Å²) in [4.78, 5) is 3.80. The average molecular weight is 239 g/mol. The van der Waals surface area contributed by atoms with E-state index in [2.05, 4.69) is 20.9 Å². The van der Waals surface area contributed by atoms with Crippen molar-refractivity contribution in [2.75, 3.05) is 0 Å². The normalized spacial score (nSPS) is 8.92. The van der Waals surface area contributed by atoms with E-state index in [9.17, 15) is 0 Å². The second-order valence-corrected chi connectivity index (χ2v) is 3.23. The molecule has 5 heteroatoms. The van der Waals surface area contributed by atoms with Gasteiger partial charge in [0.1, 0.15) is 6.07 Å². The van der Waals surface area contributed by atoms with Gasteiger partial charge in [0.25, 0.3) is 0 Å². The Kier molecular flexibility index (Phi) is 2.88. The van der Waals surface area contributed by atoms with E-state index in [1.54, 1.807) is 18.2 Å². The van der Waals surface area contributed by atoms with E-state index in [0.29, 0.717) is 11.3 Å². The van der Waals surface area contributed by atoms with Gasteiger partial charge in [0.05, 0.1) is 11.3 Å². The van der Waals surface area contributed by atoms with Gasteiger partial charge in [-0.25, -0.2) is 4.99 Å². The molecule has 1 aromatic carbocycles. The van der Waals surface area contributed by atoms with E-state index in [4.69, 9.17) is 16.7 Å². The molecular formula is C8H7BrN4. The number of hydrogen-bond donors (Lipinski definition) is 2. The Balaban J connectivity index is 3.24. The van der Waals surface area contributed by atoms with Crippen LogP contribution in [0.15, 0.2) is 27.7 Å². The van der Waals surface area contributed by atoms with Crippen molar-refractivity contribution in [1.29, 1.82) is 5.26 Å². The van der Waals surface area contributed by atoms with Crippen LogP contribution >= 0.6 is 15.9 Å². The van der Waals surface area contributed by atoms with Gasteiger partial charge in [0, 0.05) is 4.47 Å². The van der Waals surface area contributed by atoms with Gasteiger partial charge >= 0.3 is 0 Å². The first-order chi connectivity index (χ1) is 6.13. The SMILES string of the molecule is N#Cc1cc(Br)ccc1N=C(N)N. The fourth-order valence-corrected chi connectivity index (χ4v) is 1.20. The second kappa shape index (κ2) is 3.92. The van der Waals surface area contributed by atoms with Crippen molar-refractivity contribution in [3.05, 3.63) is 28.2 Å².